The molecule has 5 nitrogen and oxygen atoms in total. The first-order valence-electron chi connectivity index (χ1n) is 9.98. The Hall–Kier alpha value is -3.46. The van der Waals surface area contributed by atoms with Crippen LogP contribution in [-0.4, -0.2) is 22.1 Å². The number of nitriles is 1. The summed E-state index contributed by atoms with van der Waals surface area (Å²) in [5.74, 6) is -0.156. The van der Waals surface area contributed by atoms with E-state index < -0.39 is 0 Å². The van der Waals surface area contributed by atoms with E-state index in [1.54, 1.807) is 42.5 Å². The summed E-state index contributed by atoms with van der Waals surface area (Å²) < 4.78 is 1.84. The van der Waals surface area contributed by atoms with Crippen LogP contribution in [-0.2, 0) is 13.0 Å². The summed E-state index contributed by atoms with van der Waals surface area (Å²) in [4.78, 5) is 13.1. The van der Waals surface area contributed by atoms with Crippen molar-refractivity contribution in [2.24, 2.45) is 0 Å². The first-order chi connectivity index (χ1) is 15.5. The number of rotatable bonds is 6. The molecular formula is C25H19Cl2N3O2. The van der Waals surface area contributed by atoms with Gasteiger partial charge in [0.05, 0.1) is 17.1 Å². The SMILES string of the molecule is N#Cc1cccc(Cn2c(C(=O)NCCc3ccc(Cl)cc3Cl)cc3c(O)cccc32)c1. The zero-order chi connectivity index (χ0) is 22.7. The van der Waals surface area contributed by atoms with Gasteiger partial charge in [0.1, 0.15) is 11.4 Å². The van der Waals surface area contributed by atoms with Gasteiger partial charge in [0.25, 0.3) is 5.91 Å². The Morgan fingerprint density at radius 2 is 1.88 bits per heavy atom. The Labute approximate surface area is 195 Å². The molecule has 3 aromatic carbocycles. The van der Waals surface area contributed by atoms with Gasteiger partial charge in [-0.1, -0.05) is 47.5 Å². The molecule has 0 aliphatic rings. The zero-order valence-electron chi connectivity index (χ0n) is 17.0. The van der Waals surface area contributed by atoms with Crippen molar-refractivity contribution in [3.05, 3.63) is 99.2 Å². The van der Waals surface area contributed by atoms with Gasteiger partial charge in [0, 0.05) is 28.5 Å². The van der Waals surface area contributed by atoms with Crippen LogP contribution < -0.4 is 5.32 Å². The van der Waals surface area contributed by atoms with Crippen LogP contribution in [0.25, 0.3) is 10.9 Å². The lowest BCUT2D eigenvalue weighted by atomic mass is 10.1. The van der Waals surface area contributed by atoms with Crippen LogP contribution in [0.3, 0.4) is 0 Å². The largest absolute Gasteiger partial charge is 0.507 e. The monoisotopic (exact) mass is 463 g/mol. The van der Waals surface area contributed by atoms with E-state index in [4.69, 9.17) is 23.2 Å². The van der Waals surface area contributed by atoms with E-state index in [0.717, 1.165) is 16.6 Å². The van der Waals surface area contributed by atoms with Crippen LogP contribution in [0.15, 0.2) is 66.7 Å². The summed E-state index contributed by atoms with van der Waals surface area (Å²) in [6.45, 7) is 0.770. The van der Waals surface area contributed by atoms with Crippen molar-refractivity contribution in [2.45, 2.75) is 13.0 Å². The van der Waals surface area contributed by atoms with E-state index in [0.29, 0.717) is 46.2 Å². The summed E-state index contributed by atoms with van der Waals surface area (Å²) in [7, 11) is 0. The number of halogens is 2. The molecule has 1 heterocycles. The molecule has 0 spiro atoms. The van der Waals surface area contributed by atoms with E-state index in [-0.39, 0.29) is 11.7 Å². The summed E-state index contributed by atoms with van der Waals surface area (Å²) in [6.07, 6.45) is 0.553. The third-order valence-corrected chi connectivity index (χ3v) is 5.83. The van der Waals surface area contributed by atoms with Crippen LogP contribution in [0.2, 0.25) is 10.0 Å². The van der Waals surface area contributed by atoms with Gasteiger partial charge in [-0.25, -0.2) is 0 Å². The maximum absolute atomic E-state index is 13.1. The van der Waals surface area contributed by atoms with Crippen molar-refractivity contribution in [1.29, 1.82) is 5.26 Å². The maximum Gasteiger partial charge on any atom is 0.267 e. The fourth-order valence-corrected chi connectivity index (χ4v) is 4.18. The third-order valence-electron chi connectivity index (χ3n) is 5.25. The van der Waals surface area contributed by atoms with E-state index in [2.05, 4.69) is 11.4 Å². The molecule has 0 unspecified atom stereocenters. The Kier molecular flexibility index (Phi) is 6.36. The van der Waals surface area contributed by atoms with Gasteiger partial charge in [0.2, 0.25) is 0 Å². The van der Waals surface area contributed by atoms with Crippen LogP contribution in [0, 0.1) is 11.3 Å². The number of benzene rings is 3. The van der Waals surface area contributed by atoms with Gasteiger partial charge in [0.15, 0.2) is 0 Å². The molecule has 0 saturated carbocycles. The summed E-state index contributed by atoms with van der Waals surface area (Å²) >= 11 is 12.2. The first kappa shape index (κ1) is 21.8. The molecule has 0 aliphatic carbocycles. The second kappa shape index (κ2) is 9.35. The molecule has 1 aromatic heterocycles. The molecule has 32 heavy (non-hydrogen) atoms. The van der Waals surface area contributed by atoms with Crippen molar-refractivity contribution in [1.82, 2.24) is 9.88 Å². The topological polar surface area (TPSA) is 78.0 Å². The molecule has 0 atom stereocenters. The number of nitrogens with one attached hydrogen (secondary N) is 1. The lowest BCUT2D eigenvalue weighted by Crippen LogP contribution is -2.28. The van der Waals surface area contributed by atoms with Gasteiger partial charge in [-0.05, 0) is 60.0 Å². The number of phenols is 1. The molecule has 1 amide bonds. The zero-order valence-corrected chi connectivity index (χ0v) is 18.5. The predicted molar refractivity (Wildman–Crippen MR) is 126 cm³/mol. The lowest BCUT2D eigenvalue weighted by Gasteiger charge is -2.12. The highest BCUT2D eigenvalue weighted by molar-refractivity contribution is 6.35. The number of amides is 1. The molecule has 160 valence electrons. The normalized spacial score (nSPS) is 10.8. The lowest BCUT2D eigenvalue weighted by molar-refractivity contribution is 0.0946. The highest BCUT2D eigenvalue weighted by Gasteiger charge is 2.18. The van der Waals surface area contributed by atoms with Gasteiger partial charge < -0.3 is 15.0 Å². The molecule has 7 heteroatoms. The van der Waals surface area contributed by atoms with Crippen molar-refractivity contribution in [3.8, 4) is 11.8 Å². The highest BCUT2D eigenvalue weighted by Crippen LogP contribution is 2.29. The Balaban J connectivity index is 1.60. The fraction of sp³-hybridized carbons (Fsp3) is 0.120. The quantitative estimate of drug-likeness (QED) is 0.393. The number of hydrogen-bond donors (Lipinski definition) is 2. The van der Waals surface area contributed by atoms with Gasteiger partial charge in [-0.3, -0.25) is 4.79 Å². The average Bonchev–Trinajstić information content (AvgIpc) is 3.15. The number of aromatic hydroxyl groups is 1. The van der Waals surface area contributed by atoms with Crippen molar-refractivity contribution >= 4 is 40.0 Å². The summed E-state index contributed by atoms with van der Waals surface area (Å²) in [5, 5.41) is 24.1. The Morgan fingerprint density at radius 1 is 1.06 bits per heavy atom. The van der Waals surface area contributed by atoms with E-state index in [1.165, 1.54) is 0 Å². The average molecular weight is 464 g/mol. The van der Waals surface area contributed by atoms with Gasteiger partial charge in [-0.2, -0.15) is 5.26 Å². The number of nitrogens with zero attached hydrogens (tertiary/aromatic N) is 2. The minimum absolute atomic E-state index is 0.106. The Morgan fingerprint density at radius 3 is 2.66 bits per heavy atom. The number of carbonyl (C=O) groups excluding carboxylic acids is 1. The van der Waals surface area contributed by atoms with Gasteiger partial charge >= 0.3 is 0 Å². The molecule has 4 rings (SSSR count). The fourth-order valence-electron chi connectivity index (χ4n) is 3.67. The highest BCUT2D eigenvalue weighted by atomic mass is 35.5. The smallest absolute Gasteiger partial charge is 0.267 e. The second-order valence-corrected chi connectivity index (χ2v) is 8.22. The maximum atomic E-state index is 13.1. The van der Waals surface area contributed by atoms with Crippen LogP contribution >= 0.6 is 23.2 Å². The van der Waals surface area contributed by atoms with E-state index >= 15 is 0 Å². The molecule has 0 radical (unpaired) electrons. The number of phenolic OH excluding ortho intramolecular Hbond substituents is 1. The summed E-state index contributed by atoms with van der Waals surface area (Å²) in [5.41, 5.74) is 3.48. The van der Waals surface area contributed by atoms with Crippen LogP contribution in [0.4, 0.5) is 0 Å². The standard InChI is InChI=1S/C25H19Cl2N3O2/c26-19-8-7-18(21(27)12-19)9-10-29-25(32)23-13-20-22(5-2-6-24(20)31)30(23)15-17-4-1-3-16(11-17)14-28/h1-8,11-13,31H,9-10,15H2,(H,29,32). The van der Waals surface area contributed by atoms with Crippen molar-refractivity contribution in [2.75, 3.05) is 6.54 Å². The van der Waals surface area contributed by atoms with Crippen molar-refractivity contribution in [3.63, 3.8) is 0 Å². The minimum Gasteiger partial charge on any atom is -0.507 e. The first-order valence-corrected chi connectivity index (χ1v) is 10.7. The number of fused-ring (bicyclic) bond motifs is 1. The third kappa shape index (κ3) is 4.57. The predicted octanol–water partition coefficient (Wildman–Crippen LogP) is 5.55. The Bertz CT molecular complexity index is 1360. The van der Waals surface area contributed by atoms with E-state index in [1.807, 2.05) is 28.8 Å². The minimum atomic E-state index is -0.262. The number of carbonyl (C=O) groups is 1. The van der Waals surface area contributed by atoms with Gasteiger partial charge in [-0.15, -0.1) is 0 Å². The molecule has 0 fully saturated rings. The molecule has 4 aromatic rings. The van der Waals surface area contributed by atoms with Crippen LogP contribution in [0.5, 0.6) is 5.75 Å². The van der Waals surface area contributed by atoms with E-state index in [9.17, 15) is 15.2 Å². The molecule has 0 bridgehead atoms. The second-order valence-electron chi connectivity index (χ2n) is 7.38. The summed E-state index contributed by atoms with van der Waals surface area (Å²) in [6, 6.07) is 21.5. The number of hydrogen-bond acceptors (Lipinski definition) is 3. The molecule has 2 N–H and O–H groups in total. The molecular weight excluding hydrogens is 445 g/mol. The number of aromatic nitrogens is 1. The van der Waals surface area contributed by atoms with Crippen LogP contribution in [0.1, 0.15) is 27.2 Å². The van der Waals surface area contributed by atoms with Crippen molar-refractivity contribution < 1.29 is 9.90 Å². The molecule has 0 saturated heterocycles. The molecule has 0 aliphatic heterocycles.